The molecule has 2 heterocycles. The van der Waals surface area contributed by atoms with E-state index >= 15 is 0 Å². The van der Waals surface area contributed by atoms with Crippen LogP contribution in [0.3, 0.4) is 0 Å². The molecule has 1 aromatic rings. The molecule has 2 atom stereocenters. The van der Waals surface area contributed by atoms with Gasteiger partial charge in [-0.15, -0.1) is 0 Å². The molecule has 1 saturated carbocycles. The van der Waals surface area contributed by atoms with Gasteiger partial charge < -0.3 is 10.3 Å². The van der Waals surface area contributed by atoms with Gasteiger partial charge in [-0.1, -0.05) is 11.6 Å². The van der Waals surface area contributed by atoms with Gasteiger partial charge in [0.05, 0.1) is 6.54 Å². The first-order valence-electron chi connectivity index (χ1n) is 7.06. The molecule has 0 amide bonds. The minimum atomic E-state index is 0.208. The number of nitrogens with two attached hydrogens (primary N) is 1. The Morgan fingerprint density at radius 1 is 1.39 bits per heavy atom. The van der Waals surface area contributed by atoms with Crippen molar-refractivity contribution >= 4 is 0 Å². The van der Waals surface area contributed by atoms with Crippen molar-refractivity contribution in [1.29, 1.82) is 0 Å². The van der Waals surface area contributed by atoms with Crippen LogP contribution in [-0.2, 0) is 6.54 Å². The largest absolute Gasteiger partial charge is 0.339 e. The first-order valence-corrected chi connectivity index (χ1v) is 7.06. The van der Waals surface area contributed by atoms with E-state index in [1.54, 1.807) is 0 Å². The monoisotopic (exact) mass is 250 g/mol. The van der Waals surface area contributed by atoms with Crippen LogP contribution in [0.5, 0.6) is 0 Å². The van der Waals surface area contributed by atoms with Gasteiger partial charge in [-0.25, -0.2) is 0 Å². The first-order chi connectivity index (χ1) is 8.74. The number of nitrogens with zero attached hydrogens (tertiary/aromatic N) is 3. The Bertz CT molecular complexity index is 399. The Kier molecular flexibility index (Phi) is 3.35. The van der Waals surface area contributed by atoms with Crippen LogP contribution in [0.25, 0.3) is 0 Å². The molecule has 2 fully saturated rings. The summed E-state index contributed by atoms with van der Waals surface area (Å²) in [5.41, 5.74) is 6.07. The lowest BCUT2D eigenvalue weighted by atomic mass is 9.97. The molecule has 18 heavy (non-hydrogen) atoms. The molecule has 3 rings (SSSR count). The third-order valence-electron chi connectivity index (χ3n) is 4.03. The van der Waals surface area contributed by atoms with E-state index in [1.165, 1.54) is 32.1 Å². The summed E-state index contributed by atoms with van der Waals surface area (Å²) in [7, 11) is 0. The van der Waals surface area contributed by atoms with Gasteiger partial charge in [0, 0.05) is 18.0 Å². The summed E-state index contributed by atoms with van der Waals surface area (Å²) in [5, 5.41) is 4.10. The third kappa shape index (κ3) is 2.57. The van der Waals surface area contributed by atoms with Gasteiger partial charge in [0.15, 0.2) is 5.82 Å². The Labute approximate surface area is 108 Å². The maximum absolute atomic E-state index is 6.07. The molecule has 0 aromatic carbocycles. The quantitative estimate of drug-likeness (QED) is 0.880. The summed E-state index contributed by atoms with van der Waals surface area (Å²) < 4.78 is 5.31. The molecule has 1 aromatic heterocycles. The predicted molar refractivity (Wildman–Crippen MR) is 68.0 cm³/mol. The van der Waals surface area contributed by atoms with Crippen LogP contribution in [0.1, 0.15) is 56.7 Å². The highest BCUT2D eigenvalue weighted by Gasteiger charge is 2.31. The first kappa shape index (κ1) is 12.1. The maximum atomic E-state index is 6.07. The molecule has 0 spiro atoms. The summed E-state index contributed by atoms with van der Waals surface area (Å²) >= 11 is 0. The Morgan fingerprint density at radius 2 is 2.22 bits per heavy atom. The van der Waals surface area contributed by atoms with Gasteiger partial charge in [0.25, 0.3) is 0 Å². The highest BCUT2D eigenvalue weighted by molar-refractivity contribution is 5.02. The molecule has 0 bridgehead atoms. The fraction of sp³-hybridized carbons (Fsp3) is 0.846. The average Bonchev–Trinajstić information content (AvgIpc) is 3.11. The highest BCUT2D eigenvalue weighted by atomic mass is 16.5. The second-order valence-electron chi connectivity index (χ2n) is 5.72. The van der Waals surface area contributed by atoms with Crippen LogP contribution >= 0.6 is 0 Å². The van der Waals surface area contributed by atoms with E-state index in [1.807, 2.05) is 0 Å². The van der Waals surface area contributed by atoms with Crippen LogP contribution in [0.15, 0.2) is 4.52 Å². The van der Waals surface area contributed by atoms with Crippen molar-refractivity contribution in [3.05, 3.63) is 11.7 Å². The summed E-state index contributed by atoms with van der Waals surface area (Å²) in [6.07, 6.45) is 6.12. The van der Waals surface area contributed by atoms with Gasteiger partial charge >= 0.3 is 0 Å². The van der Waals surface area contributed by atoms with Gasteiger partial charge in [-0.3, -0.25) is 4.90 Å². The van der Waals surface area contributed by atoms with Gasteiger partial charge in [-0.05, 0) is 39.2 Å². The number of hydrogen-bond acceptors (Lipinski definition) is 5. The van der Waals surface area contributed by atoms with Crippen molar-refractivity contribution in [3.63, 3.8) is 0 Å². The smallest absolute Gasteiger partial charge is 0.229 e. The van der Waals surface area contributed by atoms with Crippen LogP contribution < -0.4 is 5.73 Å². The molecular formula is C13H22N4O. The molecule has 5 nitrogen and oxygen atoms in total. The third-order valence-corrected chi connectivity index (χ3v) is 4.03. The molecule has 100 valence electrons. The Morgan fingerprint density at radius 3 is 2.94 bits per heavy atom. The fourth-order valence-electron chi connectivity index (χ4n) is 2.82. The van der Waals surface area contributed by atoms with E-state index in [-0.39, 0.29) is 6.04 Å². The lowest BCUT2D eigenvalue weighted by molar-refractivity contribution is 0.118. The predicted octanol–water partition coefficient (Wildman–Crippen LogP) is 1.65. The van der Waals surface area contributed by atoms with Crippen LogP contribution in [-0.4, -0.2) is 33.7 Å². The number of piperidine rings is 1. The van der Waals surface area contributed by atoms with E-state index in [0.717, 1.165) is 24.8 Å². The molecule has 1 saturated heterocycles. The fourth-order valence-corrected chi connectivity index (χ4v) is 2.82. The zero-order valence-corrected chi connectivity index (χ0v) is 11.0. The summed E-state index contributed by atoms with van der Waals surface area (Å²) in [6, 6.07) is 0.668. The van der Waals surface area contributed by atoms with Crippen LogP contribution in [0, 0.1) is 0 Å². The lowest BCUT2D eigenvalue weighted by Gasteiger charge is -2.37. The van der Waals surface area contributed by atoms with Crippen LogP contribution in [0.2, 0.25) is 0 Å². The van der Waals surface area contributed by atoms with Gasteiger partial charge in [0.1, 0.15) is 0 Å². The zero-order chi connectivity index (χ0) is 12.5. The number of hydrogen-bond donors (Lipinski definition) is 1. The molecule has 2 aliphatic rings. The standard InChI is InChI=1S/C13H22N4O/c1-9(14)11-4-2-3-7-17(11)8-12-15-13(18-16-12)10-5-6-10/h9-11H,2-8,14H2,1H3. The normalized spacial score (nSPS) is 27.3. The van der Waals surface area contributed by atoms with Crippen molar-refractivity contribution in [2.45, 2.75) is 63.6 Å². The number of rotatable bonds is 4. The average molecular weight is 250 g/mol. The zero-order valence-electron chi connectivity index (χ0n) is 11.0. The SMILES string of the molecule is CC(N)C1CCCCN1Cc1noc(C2CC2)n1. The van der Waals surface area contributed by atoms with Crippen LogP contribution in [0.4, 0.5) is 0 Å². The molecule has 5 heteroatoms. The molecule has 2 N–H and O–H groups in total. The molecule has 1 aliphatic carbocycles. The second kappa shape index (κ2) is 4.97. The summed E-state index contributed by atoms with van der Waals surface area (Å²) in [4.78, 5) is 6.91. The van der Waals surface area contributed by atoms with Crippen molar-refractivity contribution in [1.82, 2.24) is 15.0 Å². The van der Waals surface area contributed by atoms with Crippen molar-refractivity contribution in [3.8, 4) is 0 Å². The van der Waals surface area contributed by atoms with E-state index in [4.69, 9.17) is 10.3 Å². The summed E-state index contributed by atoms with van der Waals surface area (Å²) in [5.74, 6) is 2.20. The van der Waals surface area contributed by atoms with Crippen molar-refractivity contribution in [2.75, 3.05) is 6.54 Å². The van der Waals surface area contributed by atoms with Gasteiger partial charge in [-0.2, -0.15) is 4.98 Å². The molecule has 0 radical (unpaired) electrons. The molecule has 1 aliphatic heterocycles. The second-order valence-corrected chi connectivity index (χ2v) is 5.72. The molecular weight excluding hydrogens is 228 g/mol. The van der Waals surface area contributed by atoms with Crippen molar-refractivity contribution < 1.29 is 4.52 Å². The van der Waals surface area contributed by atoms with E-state index in [9.17, 15) is 0 Å². The lowest BCUT2D eigenvalue weighted by Crippen LogP contribution is -2.48. The number of aromatic nitrogens is 2. The minimum Gasteiger partial charge on any atom is -0.339 e. The summed E-state index contributed by atoms with van der Waals surface area (Å²) in [6.45, 7) is 3.97. The van der Waals surface area contributed by atoms with E-state index in [2.05, 4.69) is 22.0 Å². The van der Waals surface area contributed by atoms with Gasteiger partial charge in [0.2, 0.25) is 5.89 Å². The maximum Gasteiger partial charge on any atom is 0.229 e. The van der Waals surface area contributed by atoms with Crippen molar-refractivity contribution in [2.24, 2.45) is 5.73 Å². The Hall–Kier alpha value is -0.940. The number of likely N-dealkylation sites (tertiary alicyclic amines) is 1. The van der Waals surface area contributed by atoms with E-state index < -0.39 is 0 Å². The highest BCUT2D eigenvalue weighted by Crippen LogP contribution is 2.38. The topological polar surface area (TPSA) is 68.2 Å². The van der Waals surface area contributed by atoms with E-state index in [0.29, 0.717) is 12.0 Å². The minimum absolute atomic E-state index is 0.208. The molecule has 2 unspecified atom stereocenters. The Balaban J connectivity index is 1.65.